The van der Waals surface area contributed by atoms with Crippen LogP contribution in [-0.2, 0) is 4.79 Å². The Morgan fingerprint density at radius 1 is 1.25 bits per heavy atom. The summed E-state index contributed by atoms with van der Waals surface area (Å²) in [5.41, 5.74) is -0.263. The molecule has 1 heterocycles. The average Bonchev–Trinajstić information content (AvgIpc) is 2.75. The molecule has 0 aliphatic heterocycles. The molecular weight excluding hydrogens is 278 g/mol. The molecule has 1 rings (SSSR count). The Labute approximate surface area is 122 Å². The van der Waals surface area contributed by atoms with Crippen LogP contribution in [0.5, 0.6) is 0 Å². The molecule has 8 heteroatoms. The maximum atomic E-state index is 11.8. The third-order valence-corrected chi connectivity index (χ3v) is 2.98. The lowest BCUT2D eigenvalue weighted by molar-refractivity contribution is -0.122. The number of carbonyl (C=O) groups excluding carboxylic acids is 2. The zero-order chi connectivity index (χ0) is 15.2. The van der Waals surface area contributed by atoms with Crippen LogP contribution in [-0.4, -0.2) is 40.6 Å². The van der Waals surface area contributed by atoms with Crippen molar-refractivity contribution in [2.75, 3.05) is 18.4 Å². The van der Waals surface area contributed by atoms with Gasteiger partial charge in [0.05, 0.1) is 0 Å². The van der Waals surface area contributed by atoms with Crippen LogP contribution in [0.1, 0.15) is 43.9 Å². The van der Waals surface area contributed by atoms with E-state index in [-0.39, 0.29) is 35.3 Å². The molecule has 20 heavy (non-hydrogen) atoms. The van der Waals surface area contributed by atoms with Crippen LogP contribution in [0.4, 0.5) is 5.13 Å². The van der Waals surface area contributed by atoms with Gasteiger partial charge in [0.25, 0.3) is 5.91 Å². The normalized spacial score (nSPS) is 11.0. The minimum absolute atomic E-state index is 0.0941. The lowest BCUT2D eigenvalue weighted by Crippen LogP contribution is -2.41. The number of aromatic nitrogens is 2. The predicted molar refractivity (Wildman–Crippen MR) is 78.9 cm³/mol. The molecule has 0 radical (unpaired) electrons. The summed E-state index contributed by atoms with van der Waals surface area (Å²) in [7, 11) is 0. The zero-order valence-corrected chi connectivity index (χ0v) is 13.1. The summed E-state index contributed by atoms with van der Waals surface area (Å²) in [5, 5.41) is 17.0. The Kier molecular flexibility index (Phi) is 5.87. The molecule has 1 aromatic heterocycles. The van der Waals surface area contributed by atoms with E-state index in [0.717, 1.165) is 6.54 Å². The number of nitrogens with one attached hydrogen (secondary N) is 3. The molecule has 2 amide bonds. The molecule has 0 fully saturated rings. The van der Waals surface area contributed by atoms with Crippen molar-refractivity contribution < 1.29 is 9.59 Å². The molecule has 0 aromatic carbocycles. The summed E-state index contributed by atoms with van der Waals surface area (Å²) >= 11 is 1.19. The number of anilines is 1. The standard InChI is InChI=1S/C12H21N5O2S/c1-5-13-11-17-16-10(20-11)9(19)14-7-6-8(18)15-12(2,3)4/h5-7H2,1-4H3,(H,13,17)(H,14,19)(H,15,18). The van der Waals surface area contributed by atoms with Gasteiger partial charge in [0, 0.05) is 25.0 Å². The zero-order valence-electron chi connectivity index (χ0n) is 12.2. The molecule has 0 saturated carbocycles. The number of hydrogen-bond acceptors (Lipinski definition) is 6. The third kappa shape index (κ3) is 5.96. The van der Waals surface area contributed by atoms with Crippen LogP contribution in [0.2, 0.25) is 0 Å². The van der Waals surface area contributed by atoms with Gasteiger partial charge in [-0.15, -0.1) is 10.2 Å². The van der Waals surface area contributed by atoms with E-state index < -0.39 is 0 Å². The van der Waals surface area contributed by atoms with E-state index >= 15 is 0 Å². The summed E-state index contributed by atoms with van der Waals surface area (Å²) in [6.45, 7) is 8.67. The fraction of sp³-hybridized carbons (Fsp3) is 0.667. The lowest BCUT2D eigenvalue weighted by Gasteiger charge is -2.20. The maximum absolute atomic E-state index is 11.8. The highest BCUT2D eigenvalue weighted by molar-refractivity contribution is 7.17. The Balaban J connectivity index is 2.34. The number of rotatable bonds is 6. The van der Waals surface area contributed by atoms with Crippen molar-refractivity contribution in [1.82, 2.24) is 20.8 Å². The Morgan fingerprint density at radius 2 is 1.95 bits per heavy atom. The monoisotopic (exact) mass is 299 g/mol. The fourth-order valence-electron chi connectivity index (χ4n) is 1.38. The van der Waals surface area contributed by atoms with E-state index in [1.807, 2.05) is 27.7 Å². The fourth-order valence-corrected chi connectivity index (χ4v) is 2.11. The molecule has 0 atom stereocenters. The molecule has 3 N–H and O–H groups in total. The Bertz CT molecular complexity index is 467. The summed E-state index contributed by atoms with van der Waals surface area (Å²) < 4.78 is 0. The lowest BCUT2D eigenvalue weighted by atomic mass is 10.1. The van der Waals surface area contributed by atoms with Crippen molar-refractivity contribution >= 4 is 28.3 Å². The quantitative estimate of drug-likeness (QED) is 0.728. The molecule has 0 bridgehead atoms. The molecule has 1 aromatic rings. The first-order valence-corrected chi connectivity index (χ1v) is 7.30. The second-order valence-electron chi connectivity index (χ2n) is 5.25. The van der Waals surface area contributed by atoms with Crippen LogP contribution in [0.3, 0.4) is 0 Å². The largest absolute Gasteiger partial charge is 0.360 e. The summed E-state index contributed by atoms with van der Waals surface area (Å²) in [6.07, 6.45) is 0.238. The topological polar surface area (TPSA) is 96.0 Å². The van der Waals surface area contributed by atoms with Crippen molar-refractivity contribution in [3.63, 3.8) is 0 Å². The first kappa shape index (κ1) is 16.4. The van der Waals surface area contributed by atoms with Gasteiger partial charge in [-0.25, -0.2) is 0 Å². The third-order valence-electron chi connectivity index (χ3n) is 2.10. The van der Waals surface area contributed by atoms with Gasteiger partial charge in [0.15, 0.2) is 0 Å². The van der Waals surface area contributed by atoms with E-state index in [0.29, 0.717) is 5.13 Å². The van der Waals surface area contributed by atoms with E-state index in [1.54, 1.807) is 0 Å². The van der Waals surface area contributed by atoms with Gasteiger partial charge < -0.3 is 16.0 Å². The smallest absolute Gasteiger partial charge is 0.282 e. The molecule has 0 aliphatic rings. The van der Waals surface area contributed by atoms with Crippen LogP contribution < -0.4 is 16.0 Å². The number of amides is 2. The van der Waals surface area contributed by atoms with Crippen LogP contribution in [0, 0.1) is 0 Å². The van der Waals surface area contributed by atoms with Gasteiger partial charge in [-0.05, 0) is 27.7 Å². The van der Waals surface area contributed by atoms with Crippen molar-refractivity contribution in [3.05, 3.63) is 5.01 Å². The first-order valence-electron chi connectivity index (χ1n) is 6.48. The number of carbonyl (C=O) groups is 2. The summed E-state index contributed by atoms with van der Waals surface area (Å²) in [6, 6.07) is 0. The number of hydrogen-bond donors (Lipinski definition) is 3. The second-order valence-corrected chi connectivity index (χ2v) is 6.22. The molecule has 0 aliphatic carbocycles. The second kappa shape index (κ2) is 7.18. The molecular formula is C12H21N5O2S. The van der Waals surface area contributed by atoms with Gasteiger partial charge in [-0.1, -0.05) is 11.3 Å². The highest BCUT2D eigenvalue weighted by Gasteiger charge is 2.15. The highest BCUT2D eigenvalue weighted by atomic mass is 32.1. The molecule has 0 saturated heterocycles. The van der Waals surface area contributed by atoms with Gasteiger partial charge in [-0.3, -0.25) is 9.59 Å². The maximum Gasteiger partial charge on any atom is 0.282 e. The van der Waals surface area contributed by atoms with Crippen molar-refractivity contribution in [1.29, 1.82) is 0 Å². The summed E-state index contributed by atoms with van der Waals surface area (Å²) in [5.74, 6) is -0.404. The highest BCUT2D eigenvalue weighted by Crippen LogP contribution is 2.14. The van der Waals surface area contributed by atoms with E-state index in [2.05, 4.69) is 26.1 Å². The van der Waals surface area contributed by atoms with Gasteiger partial charge >= 0.3 is 0 Å². The van der Waals surface area contributed by atoms with Crippen LogP contribution in [0.25, 0.3) is 0 Å². The van der Waals surface area contributed by atoms with Crippen LogP contribution in [0.15, 0.2) is 0 Å². The SMILES string of the molecule is CCNc1nnc(C(=O)NCCC(=O)NC(C)(C)C)s1. The molecule has 0 unspecified atom stereocenters. The molecule has 0 spiro atoms. The van der Waals surface area contributed by atoms with Gasteiger partial charge in [0.1, 0.15) is 0 Å². The van der Waals surface area contributed by atoms with Gasteiger partial charge in [-0.2, -0.15) is 0 Å². The van der Waals surface area contributed by atoms with E-state index in [9.17, 15) is 9.59 Å². The van der Waals surface area contributed by atoms with Crippen LogP contribution >= 0.6 is 11.3 Å². The van der Waals surface area contributed by atoms with Crippen molar-refractivity contribution in [2.45, 2.75) is 39.7 Å². The Hall–Kier alpha value is -1.70. The molecule has 7 nitrogen and oxygen atoms in total. The minimum atomic E-state index is -0.310. The Morgan fingerprint density at radius 3 is 2.55 bits per heavy atom. The van der Waals surface area contributed by atoms with Gasteiger partial charge in [0.2, 0.25) is 16.0 Å². The average molecular weight is 299 g/mol. The van der Waals surface area contributed by atoms with Crippen molar-refractivity contribution in [3.8, 4) is 0 Å². The number of nitrogens with zero attached hydrogens (tertiary/aromatic N) is 2. The predicted octanol–water partition coefficient (Wildman–Crippen LogP) is 1.00. The minimum Gasteiger partial charge on any atom is -0.360 e. The summed E-state index contributed by atoms with van der Waals surface area (Å²) in [4.78, 5) is 23.3. The van der Waals surface area contributed by atoms with E-state index in [1.165, 1.54) is 11.3 Å². The first-order chi connectivity index (χ1) is 9.31. The van der Waals surface area contributed by atoms with Crippen molar-refractivity contribution in [2.24, 2.45) is 0 Å². The van der Waals surface area contributed by atoms with E-state index in [4.69, 9.17) is 0 Å². The molecule has 112 valence electrons.